The number of nitrogens with zero attached hydrogens (tertiary/aromatic N) is 1. The molecule has 2 rings (SSSR count). The second-order valence-electron chi connectivity index (χ2n) is 5.40. The molecule has 0 unspecified atom stereocenters. The van der Waals surface area contributed by atoms with Gasteiger partial charge in [0.25, 0.3) is 0 Å². The fourth-order valence-corrected chi connectivity index (χ4v) is 2.54. The molecule has 0 radical (unpaired) electrons. The molecule has 0 aliphatic carbocycles. The third-order valence-corrected chi connectivity index (χ3v) is 3.95. The summed E-state index contributed by atoms with van der Waals surface area (Å²) in [6, 6.07) is 3.22. The summed E-state index contributed by atoms with van der Waals surface area (Å²) in [5, 5.41) is 2.47. The van der Waals surface area contributed by atoms with Crippen LogP contribution in [0.5, 0.6) is 0 Å². The van der Waals surface area contributed by atoms with Gasteiger partial charge in [0.05, 0.1) is 31.4 Å². The zero-order valence-electron chi connectivity index (χ0n) is 13.5. The molecule has 7 nitrogen and oxygen atoms in total. The summed E-state index contributed by atoms with van der Waals surface area (Å²) in [4.78, 5) is 36.5. The number of piperidine rings is 1. The van der Waals surface area contributed by atoms with Gasteiger partial charge in [-0.25, -0.2) is 14.0 Å². The van der Waals surface area contributed by atoms with Crippen LogP contribution >= 0.6 is 0 Å². The van der Waals surface area contributed by atoms with Crippen molar-refractivity contribution in [2.45, 2.75) is 12.8 Å². The lowest BCUT2D eigenvalue weighted by atomic mass is 9.97. The van der Waals surface area contributed by atoms with E-state index in [0.29, 0.717) is 25.9 Å². The minimum Gasteiger partial charge on any atom is -0.469 e. The number of halogens is 1. The molecule has 0 bridgehead atoms. The van der Waals surface area contributed by atoms with E-state index in [1.165, 1.54) is 31.3 Å². The van der Waals surface area contributed by atoms with Crippen molar-refractivity contribution in [2.75, 3.05) is 32.6 Å². The van der Waals surface area contributed by atoms with Gasteiger partial charge in [0.15, 0.2) is 0 Å². The summed E-state index contributed by atoms with van der Waals surface area (Å²) in [7, 11) is 2.54. The Kier molecular flexibility index (Phi) is 5.73. The lowest BCUT2D eigenvalue weighted by molar-refractivity contribution is -0.146. The lowest BCUT2D eigenvalue weighted by Crippen LogP contribution is -2.42. The van der Waals surface area contributed by atoms with Crippen molar-refractivity contribution in [1.29, 1.82) is 0 Å². The highest BCUT2D eigenvalue weighted by molar-refractivity contribution is 5.92. The summed E-state index contributed by atoms with van der Waals surface area (Å²) in [5.41, 5.74) is 0.0367. The maximum Gasteiger partial charge on any atom is 0.337 e. The van der Waals surface area contributed by atoms with Crippen LogP contribution in [-0.2, 0) is 14.3 Å². The number of carbonyl (C=O) groups is 3. The molecule has 1 N–H and O–H groups in total. The van der Waals surface area contributed by atoms with E-state index in [-0.39, 0.29) is 23.1 Å². The van der Waals surface area contributed by atoms with Crippen LogP contribution in [0.2, 0.25) is 0 Å². The van der Waals surface area contributed by atoms with Crippen LogP contribution in [0.4, 0.5) is 14.9 Å². The van der Waals surface area contributed by atoms with Gasteiger partial charge in [-0.1, -0.05) is 0 Å². The van der Waals surface area contributed by atoms with Crippen molar-refractivity contribution in [2.24, 2.45) is 5.92 Å². The van der Waals surface area contributed by atoms with Gasteiger partial charge in [-0.3, -0.25) is 4.79 Å². The highest BCUT2D eigenvalue weighted by atomic mass is 19.1. The highest BCUT2D eigenvalue weighted by Gasteiger charge is 2.28. The van der Waals surface area contributed by atoms with Crippen molar-refractivity contribution in [3.8, 4) is 0 Å². The van der Waals surface area contributed by atoms with Gasteiger partial charge >= 0.3 is 18.0 Å². The Morgan fingerprint density at radius 3 is 2.38 bits per heavy atom. The molecule has 0 saturated carbocycles. The molecule has 1 aliphatic heterocycles. The molecule has 1 aliphatic rings. The van der Waals surface area contributed by atoms with E-state index in [0.717, 1.165) is 6.07 Å². The second-order valence-corrected chi connectivity index (χ2v) is 5.40. The number of carbonyl (C=O) groups excluding carboxylic acids is 3. The van der Waals surface area contributed by atoms with E-state index < -0.39 is 17.8 Å². The number of urea groups is 1. The van der Waals surface area contributed by atoms with Crippen molar-refractivity contribution in [3.05, 3.63) is 29.6 Å². The minimum atomic E-state index is -0.726. The van der Waals surface area contributed by atoms with Crippen LogP contribution in [0.15, 0.2) is 18.2 Å². The smallest absolute Gasteiger partial charge is 0.337 e. The van der Waals surface area contributed by atoms with Crippen molar-refractivity contribution >= 4 is 23.7 Å². The molecule has 1 fully saturated rings. The number of benzene rings is 1. The van der Waals surface area contributed by atoms with Gasteiger partial charge < -0.3 is 19.7 Å². The first-order valence-corrected chi connectivity index (χ1v) is 7.48. The fraction of sp³-hybridized carbons (Fsp3) is 0.438. The first-order valence-electron chi connectivity index (χ1n) is 7.48. The number of nitrogens with one attached hydrogen (secondary N) is 1. The largest absolute Gasteiger partial charge is 0.469 e. The van der Waals surface area contributed by atoms with Gasteiger partial charge in [-0.15, -0.1) is 0 Å². The second kappa shape index (κ2) is 7.76. The summed E-state index contributed by atoms with van der Waals surface area (Å²) < 4.78 is 23.2. The van der Waals surface area contributed by atoms with Crippen molar-refractivity contribution in [1.82, 2.24) is 4.90 Å². The molecule has 0 spiro atoms. The number of amides is 2. The lowest BCUT2D eigenvalue weighted by Gasteiger charge is -2.30. The number of anilines is 1. The average Bonchev–Trinajstić information content (AvgIpc) is 2.62. The monoisotopic (exact) mass is 338 g/mol. The van der Waals surface area contributed by atoms with Crippen molar-refractivity contribution in [3.63, 3.8) is 0 Å². The Morgan fingerprint density at radius 2 is 1.83 bits per heavy atom. The standard InChI is InChI=1S/C16H19FN2O5/c1-23-14(20)10-5-7-19(8-6-10)16(22)18-13-4-3-11(9-12(13)17)15(21)24-2/h3-4,9-10H,5-8H2,1-2H3,(H,18,22). The first kappa shape index (κ1) is 17.7. The van der Waals surface area contributed by atoms with E-state index in [1.54, 1.807) is 0 Å². The number of hydrogen-bond acceptors (Lipinski definition) is 5. The maximum absolute atomic E-state index is 14.0. The zero-order valence-corrected chi connectivity index (χ0v) is 13.5. The third-order valence-electron chi connectivity index (χ3n) is 3.95. The molecule has 8 heteroatoms. The normalized spacial score (nSPS) is 14.9. The van der Waals surface area contributed by atoms with Crippen LogP contribution in [0.1, 0.15) is 23.2 Å². The summed E-state index contributed by atoms with van der Waals surface area (Å²) in [5.74, 6) is -1.87. The molecule has 130 valence electrons. The molecular formula is C16H19FN2O5. The molecule has 1 aromatic rings. The van der Waals surface area contributed by atoms with Crippen LogP contribution in [0, 0.1) is 11.7 Å². The highest BCUT2D eigenvalue weighted by Crippen LogP contribution is 2.21. The molecule has 0 aromatic heterocycles. The topological polar surface area (TPSA) is 84.9 Å². The molecule has 1 aromatic carbocycles. The Hall–Kier alpha value is -2.64. The number of methoxy groups -OCH3 is 2. The zero-order chi connectivity index (χ0) is 17.7. The third kappa shape index (κ3) is 4.01. The van der Waals surface area contributed by atoms with Crippen molar-refractivity contribution < 1.29 is 28.2 Å². The summed E-state index contributed by atoms with van der Waals surface area (Å²) >= 11 is 0. The van der Waals surface area contributed by atoms with E-state index >= 15 is 0 Å². The molecule has 24 heavy (non-hydrogen) atoms. The number of esters is 2. The summed E-state index contributed by atoms with van der Waals surface area (Å²) in [6.07, 6.45) is 1.01. The quantitative estimate of drug-likeness (QED) is 0.853. The maximum atomic E-state index is 14.0. The average molecular weight is 338 g/mol. The van der Waals surface area contributed by atoms with Gasteiger partial charge in [0.1, 0.15) is 5.82 Å². The Balaban J connectivity index is 1.96. The fourth-order valence-electron chi connectivity index (χ4n) is 2.54. The SMILES string of the molecule is COC(=O)c1ccc(NC(=O)N2CCC(C(=O)OC)CC2)c(F)c1. The Labute approximate surface area is 138 Å². The predicted octanol–water partition coefficient (Wildman–Crippen LogP) is 2.03. The minimum absolute atomic E-state index is 0.0252. The predicted molar refractivity (Wildman–Crippen MR) is 83.1 cm³/mol. The Bertz CT molecular complexity index is 641. The van der Waals surface area contributed by atoms with E-state index in [9.17, 15) is 18.8 Å². The van der Waals surface area contributed by atoms with Gasteiger partial charge in [-0.05, 0) is 31.0 Å². The van der Waals surface area contributed by atoms with Gasteiger partial charge in [0, 0.05) is 13.1 Å². The molecule has 0 atom stereocenters. The van der Waals surface area contributed by atoms with Crippen LogP contribution in [0.25, 0.3) is 0 Å². The number of likely N-dealkylation sites (tertiary alicyclic amines) is 1. The van der Waals surface area contributed by atoms with E-state index in [2.05, 4.69) is 10.1 Å². The number of ether oxygens (including phenoxy) is 2. The van der Waals surface area contributed by atoms with Crippen LogP contribution < -0.4 is 5.32 Å². The first-order chi connectivity index (χ1) is 11.5. The van der Waals surface area contributed by atoms with Gasteiger partial charge in [0.2, 0.25) is 0 Å². The Morgan fingerprint density at radius 1 is 1.17 bits per heavy atom. The van der Waals surface area contributed by atoms with Crippen LogP contribution in [0.3, 0.4) is 0 Å². The number of hydrogen-bond donors (Lipinski definition) is 1. The van der Waals surface area contributed by atoms with E-state index in [4.69, 9.17) is 4.74 Å². The summed E-state index contributed by atoms with van der Waals surface area (Å²) in [6.45, 7) is 0.765. The molecule has 2 amide bonds. The van der Waals surface area contributed by atoms with Gasteiger partial charge in [-0.2, -0.15) is 0 Å². The van der Waals surface area contributed by atoms with E-state index in [1.807, 2.05) is 0 Å². The molecule has 1 saturated heterocycles. The number of rotatable bonds is 3. The molecular weight excluding hydrogens is 319 g/mol. The molecule has 1 heterocycles. The van der Waals surface area contributed by atoms with Crippen LogP contribution in [-0.4, -0.2) is 50.2 Å².